The highest BCUT2D eigenvalue weighted by Crippen LogP contribution is 2.31. The predicted molar refractivity (Wildman–Crippen MR) is 79.2 cm³/mol. The maximum absolute atomic E-state index is 11.3. The zero-order chi connectivity index (χ0) is 14.9. The molecule has 2 aromatic carbocycles. The molecule has 0 amide bonds. The second kappa shape index (κ2) is 5.00. The number of aromatic hydroxyl groups is 1. The molecule has 2 aromatic rings. The number of phenols is 1. The lowest BCUT2D eigenvalue weighted by molar-refractivity contribution is 0.0694. The van der Waals surface area contributed by atoms with Crippen molar-refractivity contribution in [3.63, 3.8) is 0 Å². The Morgan fingerprint density at radius 2 is 1.65 bits per heavy atom. The number of rotatable bonds is 2. The fourth-order valence-corrected chi connectivity index (χ4v) is 2.22. The number of benzene rings is 2. The average molecular weight is 270 g/mol. The summed E-state index contributed by atoms with van der Waals surface area (Å²) >= 11 is 0. The number of carboxylic acids is 1. The zero-order valence-corrected chi connectivity index (χ0v) is 11.8. The minimum atomic E-state index is -0.919. The summed E-state index contributed by atoms with van der Waals surface area (Å²) in [4.78, 5) is 11.3. The summed E-state index contributed by atoms with van der Waals surface area (Å²) in [6.07, 6.45) is 0. The van der Waals surface area contributed by atoms with E-state index in [2.05, 4.69) is 0 Å². The van der Waals surface area contributed by atoms with Crippen LogP contribution in [0.15, 0.2) is 42.5 Å². The van der Waals surface area contributed by atoms with E-state index in [0.717, 1.165) is 16.7 Å². The van der Waals surface area contributed by atoms with E-state index in [1.807, 2.05) is 32.9 Å². The normalized spacial score (nSPS) is 11.3. The highest BCUT2D eigenvalue weighted by atomic mass is 16.4. The van der Waals surface area contributed by atoms with Gasteiger partial charge in [0.2, 0.25) is 0 Å². The Balaban J connectivity index is 2.61. The summed E-state index contributed by atoms with van der Waals surface area (Å²) in [6, 6.07) is 12.2. The molecule has 0 radical (unpaired) electrons. The lowest BCUT2D eigenvalue weighted by Gasteiger charge is -2.22. The standard InChI is InChI=1S/C17H18O3/c1-17(2,3)15-10-12(7-8-14(15)16(19)20)11-5-4-6-13(18)9-11/h4-10,18H,1-3H3,(H,19,20). The Bertz CT molecular complexity index is 652. The molecular weight excluding hydrogens is 252 g/mol. The number of aromatic carboxylic acids is 1. The number of phenolic OH excluding ortho intramolecular Hbond substituents is 1. The van der Waals surface area contributed by atoms with Gasteiger partial charge in [-0.05, 0) is 46.4 Å². The van der Waals surface area contributed by atoms with Crippen LogP contribution in [0.2, 0.25) is 0 Å². The van der Waals surface area contributed by atoms with Gasteiger partial charge < -0.3 is 10.2 Å². The van der Waals surface area contributed by atoms with Gasteiger partial charge in [-0.3, -0.25) is 0 Å². The molecule has 2 rings (SSSR count). The molecule has 0 fully saturated rings. The molecule has 3 nitrogen and oxygen atoms in total. The first kappa shape index (κ1) is 14.1. The zero-order valence-electron chi connectivity index (χ0n) is 11.8. The van der Waals surface area contributed by atoms with Crippen LogP contribution in [0, 0.1) is 0 Å². The minimum Gasteiger partial charge on any atom is -0.508 e. The van der Waals surface area contributed by atoms with E-state index in [-0.39, 0.29) is 11.2 Å². The summed E-state index contributed by atoms with van der Waals surface area (Å²) in [5.41, 5.74) is 2.61. The van der Waals surface area contributed by atoms with Gasteiger partial charge >= 0.3 is 5.97 Å². The molecule has 0 aliphatic carbocycles. The van der Waals surface area contributed by atoms with Crippen LogP contribution < -0.4 is 0 Å². The van der Waals surface area contributed by atoms with Gasteiger partial charge in [-0.15, -0.1) is 0 Å². The number of hydrogen-bond acceptors (Lipinski definition) is 2. The predicted octanol–water partition coefficient (Wildman–Crippen LogP) is 4.05. The smallest absolute Gasteiger partial charge is 0.335 e. The molecule has 0 bridgehead atoms. The summed E-state index contributed by atoms with van der Waals surface area (Å²) in [5, 5.41) is 18.8. The molecule has 0 heterocycles. The summed E-state index contributed by atoms with van der Waals surface area (Å²) in [7, 11) is 0. The molecule has 0 aliphatic rings. The van der Waals surface area contributed by atoms with Gasteiger partial charge in [0, 0.05) is 0 Å². The Hall–Kier alpha value is -2.29. The van der Waals surface area contributed by atoms with Gasteiger partial charge in [-0.25, -0.2) is 4.79 Å². The van der Waals surface area contributed by atoms with E-state index in [1.165, 1.54) is 0 Å². The fourth-order valence-electron chi connectivity index (χ4n) is 2.22. The van der Waals surface area contributed by atoms with E-state index in [0.29, 0.717) is 5.56 Å². The van der Waals surface area contributed by atoms with E-state index in [4.69, 9.17) is 0 Å². The fraction of sp³-hybridized carbons (Fsp3) is 0.235. The van der Waals surface area contributed by atoms with Gasteiger partial charge in [-0.1, -0.05) is 39.0 Å². The molecule has 3 heteroatoms. The van der Waals surface area contributed by atoms with Crippen molar-refractivity contribution in [1.82, 2.24) is 0 Å². The van der Waals surface area contributed by atoms with E-state index in [1.54, 1.807) is 30.3 Å². The third kappa shape index (κ3) is 2.82. The number of hydrogen-bond donors (Lipinski definition) is 2. The van der Waals surface area contributed by atoms with Crippen molar-refractivity contribution in [2.75, 3.05) is 0 Å². The van der Waals surface area contributed by atoms with Gasteiger partial charge in [0.1, 0.15) is 5.75 Å². The van der Waals surface area contributed by atoms with Crippen molar-refractivity contribution in [1.29, 1.82) is 0 Å². The second-order valence-electron chi connectivity index (χ2n) is 5.87. The molecular formula is C17H18O3. The lowest BCUT2D eigenvalue weighted by atomic mass is 9.82. The Labute approximate surface area is 118 Å². The quantitative estimate of drug-likeness (QED) is 0.865. The summed E-state index contributed by atoms with van der Waals surface area (Å²) in [5.74, 6) is -0.723. The number of carboxylic acid groups (broad SMARTS) is 1. The Morgan fingerprint density at radius 3 is 2.20 bits per heavy atom. The Kier molecular flexibility index (Phi) is 3.53. The number of carbonyl (C=O) groups is 1. The second-order valence-corrected chi connectivity index (χ2v) is 5.87. The van der Waals surface area contributed by atoms with Crippen molar-refractivity contribution < 1.29 is 15.0 Å². The van der Waals surface area contributed by atoms with Crippen LogP contribution in [0.25, 0.3) is 11.1 Å². The van der Waals surface area contributed by atoms with Gasteiger partial charge in [0.15, 0.2) is 0 Å². The highest BCUT2D eigenvalue weighted by molar-refractivity contribution is 5.91. The van der Waals surface area contributed by atoms with Crippen molar-refractivity contribution >= 4 is 5.97 Å². The largest absolute Gasteiger partial charge is 0.508 e. The van der Waals surface area contributed by atoms with Crippen LogP contribution in [0.5, 0.6) is 5.75 Å². The molecule has 0 unspecified atom stereocenters. The summed E-state index contributed by atoms with van der Waals surface area (Å²) < 4.78 is 0. The molecule has 0 saturated carbocycles. The molecule has 0 atom stereocenters. The van der Waals surface area contributed by atoms with Crippen LogP contribution in [-0.4, -0.2) is 16.2 Å². The van der Waals surface area contributed by atoms with Gasteiger partial charge in [0.25, 0.3) is 0 Å². The van der Waals surface area contributed by atoms with Crippen molar-refractivity contribution in [2.45, 2.75) is 26.2 Å². The lowest BCUT2D eigenvalue weighted by Crippen LogP contribution is -2.17. The van der Waals surface area contributed by atoms with Crippen molar-refractivity contribution in [3.05, 3.63) is 53.6 Å². The van der Waals surface area contributed by atoms with Crippen LogP contribution >= 0.6 is 0 Å². The van der Waals surface area contributed by atoms with Crippen LogP contribution in [0.3, 0.4) is 0 Å². The first-order valence-corrected chi connectivity index (χ1v) is 6.46. The maximum atomic E-state index is 11.3. The molecule has 20 heavy (non-hydrogen) atoms. The van der Waals surface area contributed by atoms with Crippen LogP contribution in [0.1, 0.15) is 36.7 Å². The third-order valence-electron chi connectivity index (χ3n) is 3.24. The van der Waals surface area contributed by atoms with Crippen molar-refractivity contribution in [2.24, 2.45) is 0 Å². The van der Waals surface area contributed by atoms with Crippen LogP contribution in [-0.2, 0) is 5.41 Å². The SMILES string of the molecule is CC(C)(C)c1cc(-c2cccc(O)c2)ccc1C(=O)O. The molecule has 0 aliphatic heterocycles. The van der Waals surface area contributed by atoms with E-state index >= 15 is 0 Å². The molecule has 0 aromatic heterocycles. The van der Waals surface area contributed by atoms with Crippen LogP contribution in [0.4, 0.5) is 0 Å². The van der Waals surface area contributed by atoms with E-state index in [9.17, 15) is 15.0 Å². The first-order valence-electron chi connectivity index (χ1n) is 6.46. The molecule has 0 saturated heterocycles. The molecule has 2 N–H and O–H groups in total. The third-order valence-corrected chi connectivity index (χ3v) is 3.24. The summed E-state index contributed by atoms with van der Waals surface area (Å²) in [6.45, 7) is 5.96. The average Bonchev–Trinajstić information content (AvgIpc) is 2.37. The maximum Gasteiger partial charge on any atom is 0.335 e. The highest BCUT2D eigenvalue weighted by Gasteiger charge is 2.22. The Morgan fingerprint density at radius 1 is 1.00 bits per heavy atom. The van der Waals surface area contributed by atoms with Crippen molar-refractivity contribution in [3.8, 4) is 16.9 Å². The minimum absolute atomic E-state index is 0.196. The first-order chi connectivity index (χ1) is 9.29. The molecule has 104 valence electrons. The topological polar surface area (TPSA) is 57.5 Å². The van der Waals surface area contributed by atoms with Gasteiger partial charge in [0.05, 0.1) is 5.56 Å². The van der Waals surface area contributed by atoms with Gasteiger partial charge in [-0.2, -0.15) is 0 Å². The molecule has 0 spiro atoms. The monoisotopic (exact) mass is 270 g/mol. The van der Waals surface area contributed by atoms with E-state index < -0.39 is 5.97 Å².